The normalized spacial score (nSPS) is 17.1. The summed E-state index contributed by atoms with van der Waals surface area (Å²) in [4.78, 5) is 16.9. The maximum Gasteiger partial charge on any atom is 0.248 e. The van der Waals surface area contributed by atoms with Crippen LogP contribution in [0.2, 0.25) is 0 Å². The Morgan fingerprint density at radius 2 is 2.00 bits per heavy atom. The van der Waals surface area contributed by atoms with E-state index in [2.05, 4.69) is 37.5 Å². The van der Waals surface area contributed by atoms with Crippen LogP contribution in [0.1, 0.15) is 64.1 Å². The monoisotopic (exact) mass is 329 g/mol. The molecule has 6 nitrogen and oxygen atoms in total. The van der Waals surface area contributed by atoms with Gasteiger partial charge in [-0.1, -0.05) is 33.1 Å². The minimum atomic E-state index is 0.0124. The zero-order valence-corrected chi connectivity index (χ0v) is 14.6. The lowest BCUT2D eigenvalue weighted by Gasteiger charge is -2.37. The molecule has 0 spiro atoms. The minimum Gasteiger partial charge on any atom is -0.354 e. The number of H-pyrrole nitrogens is 1. The van der Waals surface area contributed by atoms with Crippen LogP contribution in [0, 0.1) is 5.41 Å². The number of hydrogen-bond acceptors (Lipinski definition) is 3. The van der Waals surface area contributed by atoms with E-state index in [1.54, 1.807) is 0 Å². The van der Waals surface area contributed by atoms with Crippen molar-refractivity contribution >= 4 is 11.9 Å². The van der Waals surface area contributed by atoms with Gasteiger partial charge in [0.1, 0.15) is 5.82 Å². The van der Waals surface area contributed by atoms with Crippen LogP contribution in [0.25, 0.3) is 0 Å². The molecule has 0 bridgehead atoms. The summed E-state index contributed by atoms with van der Waals surface area (Å²) in [5, 5.41) is 9.84. The van der Waals surface area contributed by atoms with Gasteiger partial charge in [-0.15, -0.1) is 5.10 Å². The fourth-order valence-corrected chi connectivity index (χ4v) is 3.65. The van der Waals surface area contributed by atoms with E-state index in [0.717, 1.165) is 25.2 Å². The average Bonchev–Trinajstić information content (AvgIpc) is 3.19. The second kappa shape index (κ2) is 7.20. The van der Waals surface area contributed by atoms with Crippen molar-refractivity contribution in [2.24, 2.45) is 5.41 Å². The van der Waals surface area contributed by atoms with Crippen molar-refractivity contribution in [2.75, 3.05) is 5.32 Å². The Balaban J connectivity index is 1.66. The molecular weight excluding hydrogens is 302 g/mol. The van der Waals surface area contributed by atoms with Crippen molar-refractivity contribution < 1.29 is 4.79 Å². The van der Waals surface area contributed by atoms with Crippen LogP contribution in [0.3, 0.4) is 0 Å². The van der Waals surface area contributed by atoms with Gasteiger partial charge in [0.05, 0.1) is 0 Å². The third-order valence-electron chi connectivity index (χ3n) is 4.93. The molecule has 3 rings (SSSR count). The Bertz CT molecular complexity index is 653. The highest BCUT2D eigenvalue weighted by molar-refractivity contribution is 5.89. The summed E-state index contributed by atoms with van der Waals surface area (Å²) in [6.07, 6.45) is 10.6. The molecule has 2 N–H and O–H groups in total. The van der Waals surface area contributed by atoms with Crippen LogP contribution in [0.4, 0.5) is 5.95 Å². The summed E-state index contributed by atoms with van der Waals surface area (Å²) in [6.45, 7) is 4.99. The number of amides is 1. The van der Waals surface area contributed by atoms with Gasteiger partial charge in [-0.3, -0.25) is 15.2 Å². The van der Waals surface area contributed by atoms with Crippen molar-refractivity contribution in [3.05, 3.63) is 30.4 Å². The number of nitrogens with one attached hydrogen (secondary N) is 2. The molecule has 1 amide bonds. The smallest absolute Gasteiger partial charge is 0.248 e. The van der Waals surface area contributed by atoms with E-state index in [9.17, 15) is 4.79 Å². The fourth-order valence-electron chi connectivity index (χ4n) is 3.65. The Kier molecular flexibility index (Phi) is 5.02. The van der Waals surface area contributed by atoms with Crippen LogP contribution >= 0.6 is 0 Å². The second-order valence-corrected chi connectivity index (χ2v) is 7.34. The third-order valence-corrected chi connectivity index (χ3v) is 4.93. The van der Waals surface area contributed by atoms with Crippen LogP contribution < -0.4 is 5.32 Å². The van der Waals surface area contributed by atoms with E-state index >= 15 is 0 Å². The summed E-state index contributed by atoms with van der Waals surface area (Å²) in [5.41, 5.74) is 0.0402. The first-order chi connectivity index (χ1) is 11.6. The zero-order chi connectivity index (χ0) is 17.0. The standard InChI is InChI=1S/C18H27N5O/c1-14(2)16-20-17(22-21-16)19-15(24)12-18(8-4-3-5-9-18)13-23-10-6-7-11-23/h6-7,10-11,14H,3-5,8-9,12-13H2,1-2H3,(H2,19,20,21,22,24). The Labute approximate surface area is 143 Å². The van der Waals surface area contributed by atoms with Crippen LogP contribution in [0.5, 0.6) is 0 Å². The van der Waals surface area contributed by atoms with Gasteiger partial charge in [0.15, 0.2) is 0 Å². The number of carbonyl (C=O) groups excluding carboxylic acids is 1. The highest BCUT2D eigenvalue weighted by Crippen LogP contribution is 2.41. The molecule has 0 aromatic carbocycles. The lowest BCUT2D eigenvalue weighted by Crippen LogP contribution is -2.34. The third kappa shape index (κ3) is 4.04. The zero-order valence-electron chi connectivity index (χ0n) is 14.6. The molecule has 24 heavy (non-hydrogen) atoms. The molecule has 2 aromatic heterocycles. The Morgan fingerprint density at radius 1 is 1.29 bits per heavy atom. The van der Waals surface area contributed by atoms with E-state index < -0.39 is 0 Å². The van der Waals surface area contributed by atoms with Crippen molar-refractivity contribution in [1.82, 2.24) is 19.7 Å². The first kappa shape index (κ1) is 16.7. The SMILES string of the molecule is CC(C)c1nc(NC(=O)CC2(Cn3cccc3)CCCCC2)n[nH]1. The molecule has 0 radical (unpaired) electrons. The largest absolute Gasteiger partial charge is 0.354 e. The number of hydrogen-bond donors (Lipinski definition) is 2. The predicted octanol–water partition coefficient (Wildman–Crippen LogP) is 3.71. The van der Waals surface area contributed by atoms with Crippen LogP contribution in [-0.2, 0) is 11.3 Å². The summed E-state index contributed by atoms with van der Waals surface area (Å²) >= 11 is 0. The van der Waals surface area contributed by atoms with Gasteiger partial charge in [-0.2, -0.15) is 4.98 Å². The molecule has 2 heterocycles. The highest BCUT2D eigenvalue weighted by Gasteiger charge is 2.34. The molecule has 1 saturated carbocycles. The molecule has 0 atom stereocenters. The number of aromatic nitrogens is 4. The lowest BCUT2D eigenvalue weighted by atomic mass is 9.71. The molecule has 1 aliphatic carbocycles. The summed E-state index contributed by atoms with van der Waals surface area (Å²) in [7, 11) is 0. The molecule has 0 saturated heterocycles. The predicted molar refractivity (Wildman–Crippen MR) is 93.7 cm³/mol. The van der Waals surface area contributed by atoms with E-state index in [1.807, 2.05) is 26.0 Å². The van der Waals surface area contributed by atoms with Crippen molar-refractivity contribution in [2.45, 2.75) is 64.8 Å². The topological polar surface area (TPSA) is 75.6 Å². The van der Waals surface area contributed by atoms with E-state index in [4.69, 9.17) is 0 Å². The van der Waals surface area contributed by atoms with Gasteiger partial charge in [-0.25, -0.2) is 0 Å². The number of rotatable bonds is 6. The summed E-state index contributed by atoms with van der Waals surface area (Å²) < 4.78 is 2.20. The van der Waals surface area contributed by atoms with E-state index in [1.165, 1.54) is 19.3 Å². The van der Waals surface area contributed by atoms with Gasteiger partial charge in [-0.05, 0) is 30.4 Å². The molecule has 1 fully saturated rings. The first-order valence-corrected chi connectivity index (χ1v) is 8.89. The molecular formula is C18H27N5O. The second-order valence-electron chi connectivity index (χ2n) is 7.34. The molecule has 6 heteroatoms. The fraction of sp³-hybridized carbons (Fsp3) is 0.611. The summed E-state index contributed by atoms with van der Waals surface area (Å²) in [6, 6.07) is 4.08. The highest BCUT2D eigenvalue weighted by atomic mass is 16.1. The van der Waals surface area contributed by atoms with Gasteiger partial charge in [0.25, 0.3) is 0 Å². The Hall–Kier alpha value is -2.11. The van der Waals surface area contributed by atoms with Gasteiger partial charge >= 0.3 is 0 Å². The maximum absolute atomic E-state index is 12.6. The van der Waals surface area contributed by atoms with Gasteiger partial charge < -0.3 is 4.57 Å². The van der Waals surface area contributed by atoms with Crippen LogP contribution in [0.15, 0.2) is 24.5 Å². The molecule has 1 aliphatic rings. The van der Waals surface area contributed by atoms with E-state index in [0.29, 0.717) is 12.4 Å². The number of aromatic amines is 1. The number of carbonyl (C=O) groups is 1. The van der Waals surface area contributed by atoms with Crippen molar-refractivity contribution in [3.63, 3.8) is 0 Å². The van der Waals surface area contributed by atoms with Crippen molar-refractivity contribution in [1.29, 1.82) is 0 Å². The Morgan fingerprint density at radius 3 is 2.62 bits per heavy atom. The first-order valence-electron chi connectivity index (χ1n) is 8.89. The van der Waals surface area contributed by atoms with Gasteiger partial charge in [0.2, 0.25) is 11.9 Å². The quantitative estimate of drug-likeness (QED) is 0.848. The average molecular weight is 329 g/mol. The van der Waals surface area contributed by atoms with Crippen molar-refractivity contribution in [3.8, 4) is 0 Å². The molecule has 0 aliphatic heterocycles. The van der Waals surface area contributed by atoms with E-state index in [-0.39, 0.29) is 17.2 Å². The number of nitrogens with zero attached hydrogens (tertiary/aromatic N) is 3. The molecule has 0 unspecified atom stereocenters. The molecule has 2 aromatic rings. The summed E-state index contributed by atoms with van der Waals surface area (Å²) in [5.74, 6) is 1.46. The number of anilines is 1. The minimum absolute atomic E-state index is 0.0124. The van der Waals surface area contributed by atoms with Crippen LogP contribution in [-0.4, -0.2) is 25.7 Å². The maximum atomic E-state index is 12.6. The lowest BCUT2D eigenvalue weighted by molar-refractivity contribution is -0.119. The van der Waals surface area contributed by atoms with Gasteiger partial charge in [0, 0.05) is 31.3 Å². The molecule has 130 valence electrons.